The minimum Gasteiger partial charge on any atom is -0.218 e. The van der Waals surface area contributed by atoms with E-state index in [9.17, 15) is 21.2 Å². The zero-order valence-electron chi connectivity index (χ0n) is 19.2. The molecule has 8 heteroatoms. The molecule has 4 rings (SSSR count). The standard InChI is InChI=1S/C26H28FNO4S2/c1-18(2)23-15-21-11-10-20-12-13-22(27)16-24(20)33(29,30)25(21)17-26(23)34(31,32)28-14-6-9-19-7-4-3-5-8-19/h3-5,7-8,12-13,15-18,28H,6,9-11,14H2,1-2H3. The lowest BCUT2D eigenvalue weighted by Crippen LogP contribution is -2.27. The van der Waals surface area contributed by atoms with Crippen molar-refractivity contribution < 1.29 is 21.2 Å². The number of hydrogen-bond donors (Lipinski definition) is 1. The Morgan fingerprint density at radius 2 is 1.62 bits per heavy atom. The van der Waals surface area contributed by atoms with Crippen molar-refractivity contribution in [2.75, 3.05) is 6.54 Å². The minimum absolute atomic E-state index is 0.0376. The van der Waals surface area contributed by atoms with Crippen molar-refractivity contribution in [3.63, 3.8) is 0 Å². The molecular formula is C26H28FNO4S2. The highest BCUT2D eigenvalue weighted by atomic mass is 32.2. The molecule has 0 amide bonds. The molecule has 1 aliphatic heterocycles. The summed E-state index contributed by atoms with van der Waals surface area (Å²) in [5.41, 5.74) is 2.78. The quantitative estimate of drug-likeness (QED) is 0.472. The second-order valence-corrected chi connectivity index (χ2v) is 12.5. The number of nitrogens with one attached hydrogen (secondary N) is 1. The zero-order valence-corrected chi connectivity index (χ0v) is 20.8. The number of hydrogen-bond acceptors (Lipinski definition) is 4. The molecule has 5 nitrogen and oxygen atoms in total. The van der Waals surface area contributed by atoms with Gasteiger partial charge in [0.05, 0.1) is 14.7 Å². The maximum Gasteiger partial charge on any atom is 0.240 e. The van der Waals surface area contributed by atoms with Gasteiger partial charge >= 0.3 is 0 Å². The third kappa shape index (κ3) is 4.94. The first kappa shape index (κ1) is 24.6. The molecule has 0 saturated carbocycles. The van der Waals surface area contributed by atoms with E-state index in [1.165, 1.54) is 18.2 Å². The molecular weight excluding hydrogens is 473 g/mol. The Balaban J connectivity index is 1.69. The summed E-state index contributed by atoms with van der Waals surface area (Å²) < 4.78 is 70.0. The third-order valence-corrected chi connectivity index (χ3v) is 9.59. The van der Waals surface area contributed by atoms with E-state index in [4.69, 9.17) is 0 Å². The molecule has 1 aliphatic rings. The fourth-order valence-corrected chi connectivity index (χ4v) is 7.67. The normalized spacial score (nSPS) is 14.9. The smallest absolute Gasteiger partial charge is 0.218 e. The van der Waals surface area contributed by atoms with E-state index in [2.05, 4.69) is 4.72 Å². The number of rotatable bonds is 7. The van der Waals surface area contributed by atoms with Crippen LogP contribution in [0.5, 0.6) is 0 Å². The lowest BCUT2D eigenvalue weighted by atomic mass is 9.97. The summed E-state index contributed by atoms with van der Waals surface area (Å²) in [6, 6.07) is 16.5. The van der Waals surface area contributed by atoms with Crippen LogP contribution in [0.3, 0.4) is 0 Å². The molecule has 0 aliphatic carbocycles. The van der Waals surface area contributed by atoms with Crippen LogP contribution >= 0.6 is 0 Å². The van der Waals surface area contributed by atoms with Gasteiger partial charge in [-0.15, -0.1) is 0 Å². The first-order chi connectivity index (χ1) is 16.1. The Bertz CT molecular complexity index is 1420. The van der Waals surface area contributed by atoms with Crippen LogP contribution in [-0.4, -0.2) is 23.4 Å². The summed E-state index contributed by atoms with van der Waals surface area (Å²) in [6.07, 6.45) is 2.19. The lowest BCUT2D eigenvalue weighted by molar-refractivity contribution is 0.575. The number of halogens is 1. The minimum atomic E-state index is -4.08. The highest BCUT2D eigenvalue weighted by Crippen LogP contribution is 2.37. The number of benzene rings is 3. The van der Waals surface area contributed by atoms with E-state index >= 15 is 0 Å². The van der Waals surface area contributed by atoms with Gasteiger partial charge in [-0.25, -0.2) is 25.9 Å². The number of sulfone groups is 1. The predicted octanol–water partition coefficient (Wildman–Crippen LogP) is 4.79. The van der Waals surface area contributed by atoms with Crippen LogP contribution < -0.4 is 4.72 Å². The highest BCUT2D eigenvalue weighted by molar-refractivity contribution is 7.92. The van der Waals surface area contributed by atoms with Gasteiger partial charge in [-0.1, -0.05) is 56.3 Å². The maximum absolute atomic E-state index is 13.9. The summed E-state index contributed by atoms with van der Waals surface area (Å²) in [7, 11) is -8.04. The second-order valence-electron chi connectivity index (χ2n) is 8.89. The van der Waals surface area contributed by atoms with Gasteiger partial charge in [-0.2, -0.15) is 0 Å². The van der Waals surface area contributed by atoms with Crippen molar-refractivity contribution in [2.45, 2.75) is 60.1 Å². The van der Waals surface area contributed by atoms with Gasteiger partial charge in [-0.3, -0.25) is 0 Å². The van der Waals surface area contributed by atoms with Gasteiger partial charge in [0.2, 0.25) is 19.9 Å². The Morgan fingerprint density at radius 3 is 2.32 bits per heavy atom. The van der Waals surface area contributed by atoms with Crippen molar-refractivity contribution in [3.05, 3.63) is 88.7 Å². The van der Waals surface area contributed by atoms with Crippen LogP contribution in [0, 0.1) is 5.82 Å². The first-order valence-corrected chi connectivity index (χ1v) is 14.3. The van der Waals surface area contributed by atoms with Gasteiger partial charge in [-0.05, 0) is 72.1 Å². The number of fused-ring (bicyclic) bond motifs is 2. The Hall–Kier alpha value is -2.55. The van der Waals surface area contributed by atoms with Gasteiger partial charge in [0.25, 0.3) is 0 Å². The molecule has 0 spiro atoms. The predicted molar refractivity (Wildman–Crippen MR) is 130 cm³/mol. The molecule has 1 N–H and O–H groups in total. The third-order valence-electron chi connectivity index (χ3n) is 6.15. The number of aryl methyl sites for hydroxylation is 3. The Labute approximate surface area is 201 Å². The van der Waals surface area contributed by atoms with Crippen molar-refractivity contribution in [1.29, 1.82) is 0 Å². The van der Waals surface area contributed by atoms with E-state index in [-0.39, 0.29) is 27.1 Å². The Morgan fingerprint density at radius 1 is 0.941 bits per heavy atom. The van der Waals surface area contributed by atoms with Gasteiger partial charge in [0.1, 0.15) is 5.82 Å². The van der Waals surface area contributed by atoms with Gasteiger partial charge < -0.3 is 0 Å². The Kier molecular flexibility index (Phi) is 6.94. The topological polar surface area (TPSA) is 80.3 Å². The molecule has 1 heterocycles. The summed E-state index contributed by atoms with van der Waals surface area (Å²) in [5.74, 6) is -0.774. The molecule has 0 aromatic heterocycles. The fourth-order valence-electron chi connectivity index (χ4n) is 4.35. The van der Waals surface area contributed by atoms with Gasteiger partial charge in [0.15, 0.2) is 0 Å². The van der Waals surface area contributed by atoms with E-state index in [0.29, 0.717) is 36.0 Å². The van der Waals surface area contributed by atoms with Crippen LogP contribution in [0.25, 0.3) is 0 Å². The highest BCUT2D eigenvalue weighted by Gasteiger charge is 2.32. The molecule has 0 radical (unpaired) electrons. The molecule has 0 fully saturated rings. The summed E-state index contributed by atoms with van der Waals surface area (Å²) in [5, 5.41) is 0. The van der Waals surface area contributed by atoms with Crippen LogP contribution in [-0.2, 0) is 39.1 Å². The molecule has 0 atom stereocenters. The summed E-state index contributed by atoms with van der Waals surface area (Å²) in [4.78, 5) is -0.196. The van der Waals surface area contributed by atoms with Crippen LogP contribution in [0.4, 0.5) is 4.39 Å². The molecule has 0 bridgehead atoms. The molecule has 0 unspecified atom stereocenters. The SMILES string of the molecule is CC(C)c1cc2c(cc1S(=O)(=O)NCCCc1ccccc1)S(=O)(=O)c1cc(F)ccc1CC2. The first-order valence-electron chi connectivity index (χ1n) is 11.3. The largest absolute Gasteiger partial charge is 0.240 e. The lowest BCUT2D eigenvalue weighted by Gasteiger charge is -2.18. The average molecular weight is 502 g/mol. The number of sulfonamides is 1. The van der Waals surface area contributed by atoms with Crippen LogP contribution in [0.15, 0.2) is 75.4 Å². The van der Waals surface area contributed by atoms with Gasteiger partial charge in [0, 0.05) is 6.54 Å². The fraction of sp³-hybridized carbons (Fsp3) is 0.308. The van der Waals surface area contributed by atoms with Crippen molar-refractivity contribution in [3.8, 4) is 0 Å². The molecule has 3 aromatic carbocycles. The molecule has 3 aromatic rings. The second kappa shape index (κ2) is 9.60. The molecule has 0 saturated heterocycles. The van der Waals surface area contributed by atoms with Crippen molar-refractivity contribution in [2.24, 2.45) is 0 Å². The maximum atomic E-state index is 13.9. The summed E-state index contributed by atoms with van der Waals surface area (Å²) in [6.45, 7) is 3.99. The zero-order chi connectivity index (χ0) is 24.5. The van der Waals surface area contributed by atoms with Crippen LogP contribution in [0.2, 0.25) is 0 Å². The molecule has 34 heavy (non-hydrogen) atoms. The van der Waals surface area contributed by atoms with Crippen LogP contribution in [0.1, 0.15) is 48.4 Å². The van der Waals surface area contributed by atoms with E-state index in [1.807, 2.05) is 44.2 Å². The van der Waals surface area contributed by atoms with E-state index in [1.54, 1.807) is 6.07 Å². The monoisotopic (exact) mass is 501 g/mol. The average Bonchev–Trinajstić information content (AvgIpc) is 2.90. The van der Waals surface area contributed by atoms with Crippen molar-refractivity contribution >= 4 is 19.9 Å². The van der Waals surface area contributed by atoms with E-state index in [0.717, 1.165) is 18.1 Å². The van der Waals surface area contributed by atoms with E-state index < -0.39 is 25.7 Å². The summed E-state index contributed by atoms with van der Waals surface area (Å²) >= 11 is 0. The van der Waals surface area contributed by atoms with Crippen molar-refractivity contribution in [1.82, 2.24) is 4.72 Å². The molecule has 180 valence electrons.